The summed E-state index contributed by atoms with van der Waals surface area (Å²) >= 11 is 0. The number of hydrogen-bond acceptors (Lipinski definition) is 5. The Morgan fingerprint density at radius 2 is 2.33 bits per heavy atom. The van der Waals surface area contributed by atoms with E-state index in [1.807, 2.05) is 20.8 Å². The van der Waals surface area contributed by atoms with Crippen LogP contribution >= 0.6 is 0 Å². The number of amides is 1. The van der Waals surface area contributed by atoms with Gasteiger partial charge in [-0.25, -0.2) is 4.79 Å². The van der Waals surface area contributed by atoms with Crippen molar-refractivity contribution >= 4 is 11.8 Å². The first-order valence-corrected chi connectivity index (χ1v) is 6.08. The lowest BCUT2D eigenvalue weighted by atomic mass is 10.1. The molecule has 0 radical (unpaired) electrons. The fourth-order valence-electron chi connectivity index (χ4n) is 2.09. The molecule has 1 amide bonds. The SMILES string of the molecule is CC(C)(C)OC(=O)N1CCCC1c1oncc1N. The number of anilines is 1. The Kier molecular flexibility index (Phi) is 3.19. The van der Waals surface area contributed by atoms with Crippen LogP contribution < -0.4 is 5.73 Å². The molecule has 6 heteroatoms. The number of carbonyl (C=O) groups is 1. The van der Waals surface area contributed by atoms with Crippen molar-refractivity contribution in [1.29, 1.82) is 0 Å². The molecular weight excluding hydrogens is 234 g/mol. The number of nitrogens with two attached hydrogens (primary N) is 1. The summed E-state index contributed by atoms with van der Waals surface area (Å²) in [6.45, 7) is 6.19. The molecule has 2 heterocycles. The van der Waals surface area contributed by atoms with Crippen LogP contribution in [0.3, 0.4) is 0 Å². The first kappa shape index (κ1) is 12.7. The molecule has 1 aromatic rings. The maximum absolute atomic E-state index is 12.1. The van der Waals surface area contributed by atoms with Gasteiger partial charge >= 0.3 is 6.09 Å². The van der Waals surface area contributed by atoms with Crippen LogP contribution in [0, 0.1) is 0 Å². The van der Waals surface area contributed by atoms with Crippen molar-refractivity contribution in [2.24, 2.45) is 0 Å². The van der Waals surface area contributed by atoms with Crippen LogP contribution in [-0.4, -0.2) is 28.3 Å². The van der Waals surface area contributed by atoms with Gasteiger partial charge in [0.15, 0.2) is 5.76 Å². The number of rotatable bonds is 1. The number of hydrogen-bond donors (Lipinski definition) is 1. The molecule has 0 bridgehead atoms. The van der Waals surface area contributed by atoms with Gasteiger partial charge in [-0.1, -0.05) is 5.16 Å². The summed E-state index contributed by atoms with van der Waals surface area (Å²) in [6.07, 6.45) is 2.85. The Bertz CT molecular complexity index is 436. The second-order valence-electron chi connectivity index (χ2n) is 5.48. The Hall–Kier alpha value is -1.72. The molecule has 0 spiro atoms. The number of likely N-dealkylation sites (tertiary alicyclic amines) is 1. The maximum Gasteiger partial charge on any atom is 0.410 e. The molecule has 1 fully saturated rings. The highest BCUT2D eigenvalue weighted by Crippen LogP contribution is 2.35. The zero-order valence-electron chi connectivity index (χ0n) is 11.0. The number of ether oxygens (including phenoxy) is 1. The molecule has 0 saturated carbocycles. The molecular formula is C12H19N3O3. The van der Waals surface area contributed by atoms with Gasteiger partial charge in [-0.05, 0) is 33.6 Å². The normalized spacial score (nSPS) is 20.2. The molecule has 1 atom stereocenters. The van der Waals surface area contributed by atoms with E-state index >= 15 is 0 Å². The van der Waals surface area contributed by atoms with Crippen molar-refractivity contribution in [2.45, 2.75) is 45.3 Å². The first-order valence-electron chi connectivity index (χ1n) is 6.08. The fourth-order valence-corrected chi connectivity index (χ4v) is 2.09. The average Bonchev–Trinajstić information content (AvgIpc) is 2.82. The van der Waals surface area contributed by atoms with Gasteiger partial charge in [-0.15, -0.1) is 0 Å². The second kappa shape index (κ2) is 4.51. The van der Waals surface area contributed by atoms with Gasteiger partial charge in [0.25, 0.3) is 0 Å². The van der Waals surface area contributed by atoms with E-state index < -0.39 is 5.60 Å². The highest BCUT2D eigenvalue weighted by Gasteiger charge is 2.36. The maximum atomic E-state index is 12.1. The molecule has 1 aromatic heterocycles. The molecule has 100 valence electrons. The van der Waals surface area contributed by atoms with E-state index in [4.69, 9.17) is 15.0 Å². The molecule has 1 aliphatic rings. The summed E-state index contributed by atoms with van der Waals surface area (Å²) in [5.74, 6) is 0.554. The third-order valence-electron chi connectivity index (χ3n) is 2.81. The Morgan fingerprint density at radius 3 is 2.89 bits per heavy atom. The standard InChI is InChI=1S/C12H19N3O3/c1-12(2,3)17-11(16)15-6-4-5-9(15)10-8(13)7-14-18-10/h7,9H,4-6,13H2,1-3H3. The average molecular weight is 253 g/mol. The summed E-state index contributed by atoms with van der Waals surface area (Å²) in [6, 6.07) is -0.164. The van der Waals surface area contributed by atoms with Crippen molar-refractivity contribution in [3.8, 4) is 0 Å². The first-order chi connectivity index (χ1) is 8.38. The van der Waals surface area contributed by atoms with Gasteiger partial charge in [-0.3, -0.25) is 4.90 Å². The smallest absolute Gasteiger partial charge is 0.410 e. The predicted octanol–water partition coefficient (Wildman–Crippen LogP) is 2.33. The minimum Gasteiger partial charge on any atom is -0.444 e. The molecule has 2 N–H and O–H groups in total. The molecule has 18 heavy (non-hydrogen) atoms. The predicted molar refractivity (Wildman–Crippen MR) is 65.8 cm³/mol. The van der Waals surface area contributed by atoms with Crippen LogP contribution in [0.2, 0.25) is 0 Å². The third-order valence-corrected chi connectivity index (χ3v) is 2.81. The van der Waals surface area contributed by atoms with Crippen molar-refractivity contribution < 1.29 is 14.1 Å². The summed E-state index contributed by atoms with van der Waals surface area (Å²) in [5, 5.41) is 3.66. The van der Waals surface area contributed by atoms with E-state index in [2.05, 4.69) is 5.16 Å². The summed E-state index contributed by atoms with van der Waals surface area (Å²) in [7, 11) is 0. The van der Waals surface area contributed by atoms with E-state index in [1.165, 1.54) is 6.20 Å². The van der Waals surface area contributed by atoms with Crippen molar-refractivity contribution in [2.75, 3.05) is 12.3 Å². The van der Waals surface area contributed by atoms with E-state index in [0.717, 1.165) is 12.8 Å². The Morgan fingerprint density at radius 1 is 1.61 bits per heavy atom. The highest BCUT2D eigenvalue weighted by molar-refractivity contribution is 5.69. The van der Waals surface area contributed by atoms with E-state index in [1.54, 1.807) is 4.90 Å². The Balaban J connectivity index is 2.13. The quantitative estimate of drug-likeness (QED) is 0.830. The van der Waals surface area contributed by atoms with Crippen LogP contribution in [0.25, 0.3) is 0 Å². The van der Waals surface area contributed by atoms with Crippen LogP contribution in [0.4, 0.5) is 10.5 Å². The molecule has 6 nitrogen and oxygen atoms in total. The topological polar surface area (TPSA) is 81.6 Å². The molecule has 1 saturated heterocycles. The van der Waals surface area contributed by atoms with E-state index in [-0.39, 0.29) is 12.1 Å². The monoisotopic (exact) mass is 253 g/mol. The molecule has 1 aliphatic heterocycles. The van der Waals surface area contributed by atoms with Crippen molar-refractivity contribution in [3.05, 3.63) is 12.0 Å². The minimum absolute atomic E-state index is 0.164. The number of nitrogens with zero attached hydrogens (tertiary/aromatic N) is 2. The molecule has 1 unspecified atom stereocenters. The van der Waals surface area contributed by atoms with E-state index in [9.17, 15) is 4.79 Å². The van der Waals surface area contributed by atoms with Gasteiger partial charge < -0.3 is 15.0 Å². The fraction of sp³-hybridized carbons (Fsp3) is 0.667. The van der Waals surface area contributed by atoms with E-state index in [0.29, 0.717) is 18.0 Å². The second-order valence-corrected chi connectivity index (χ2v) is 5.48. The van der Waals surface area contributed by atoms with Gasteiger partial charge in [0.2, 0.25) is 0 Å². The van der Waals surface area contributed by atoms with Gasteiger partial charge in [0, 0.05) is 6.54 Å². The van der Waals surface area contributed by atoms with Crippen molar-refractivity contribution in [3.63, 3.8) is 0 Å². The van der Waals surface area contributed by atoms with Crippen molar-refractivity contribution in [1.82, 2.24) is 10.1 Å². The molecule has 2 rings (SSSR count). The van der Waals surface area contributed by atoms with Crippen LogP contribution in [0.1, 0.15) is 45.4 Å². The lowest BCUT2D eigenvalue weighted by molar-refractivity contribution is 0.0205. The zero-order chi connectivity index (χ0) is 13.3. The van der Waals surface area contributed by atoms with Crippen LogP contribution in [0.5, 0.6) is 0 Å². The van der Waals surface area contributed by atoms with Crippen LogP contribution in [-0.2, 0) is 4.74 Å². The lowest BCUT2D eigenvalue weighted by Crippen LogP contribution is -2.36. The number of aromatic nitrogens is 1. The summed E-state index contributed by atoms with van der Waals surface area (Å²) < 4.78 is 10.5. The highest BCUT2D eigenvalue weighted by atomic mass is 16.6. The lowest BCUT2D eigenvalue weighted by Gasteiger charge is -2.27. The summed E-state index contributed by atoms with van der Waals surface area (Å²) in [5.41, 5.74) is 5.75. The number of nitrogen functional groups attached to an aromatic ring is 1. The zero-order valence-corrected chi connectivity index (χ0v) is 11.0. The van der Waals surface area contributed by atoms with Gasteiger partial charge in [-0.2, -0.15) is 0 Å². The minimum atomic E-state index is -0.503. The largest absolute Gasteiger partial charge is 0.444 e. The Labute approximate surface area is 106 Å². The molecule has 0 aromatic carbocycles. The third kappa shape index (κ3) is 2.57. The van der Waals surface area contributed by atoms with Gasteiger partial charge in [0.1, 0.15) is 5.60 Å². The summed E-state index contributed by atoms with van der Waals surface area (Å²) in [4.78, 5) is 13.7. The van der Waals surface area contributed by atoms with Crippen LogP contribution in [0.15, 0.2) is 10.7 Å². The number of carbonyl (C=O) groups excluding carboxylic acids is 1. The van der Waals surface area contributed by atoms with Gasteiger partial charge in [0.05, 0.1) is 17.9 Å². The molecule has 0 aliphatic carbocycles.